The Labute approximate surface area is 139 Å². The number of nitrogens with one attached hydrogen (secondary N) is 2. The Kier molecular flexibility index (Phi) is 4.56. The molecule has 0 saturated carbocycles. The molecule has 1 atom stereocenters. The lowest BCUT2D eigenvalue weighted by Crippen LogP contribution is -2.08. The maximum absolute atomic E-state index is 11.0. The fraction of sp³-hybridized carbons (Fsp3) is 0.167. The molecule has 0 aliphatic carbocycles. The molecule has 122 valence electrons. The monoisotopic (exact) mass is 322 g/mol. The molecule has 2 N–H and O–H groups in total. The summed E-state index contributed by atoms with van der Waals surface area (Å²) in [5.74, 6) is 0.920. The zero-order chi connectivity index (χ0) is 16.9. The molecule has 1 heterocycles. The topological polar surface area (TPSA) is 80.0 Å². The lowest BCUT2D eigenvalue weighted by atomic mass is 10.2. The highest BCUT2D eigenvalue weighted by Crippen LogP contribution is 2.23. The first-order valence-corrected chi connectivity index (χ1v) is 7.65. The van der Waals surface area contributed by atoms with Gasteiger partial charge in [0.2, 0.25) is 17.7 Å². The normalized spacial score (nSPS) is 11.8. The van der Waals surface area contributed by atoms with Gasteiger partial charge in [0, 0.05) is 23.9 Å². The third kappa shape index (κ3) is 3.78. The van der Waals surface area contributed by atoms with Crippen molar-refractivity contribution in [3.8, 4) is 11.5 Å². The predicted molar refractivity (Wildman–Crippen MR) is 92.5 cm³/mol. The van der Waals surface area contributed by atoms with Crippen molar-refractivity contribution in [1.29, 1.82) is 0 Å². The SMILES string of the molecule is CC(=O)Nc1ccc(N[C@H](C)c2nnc(-c3ccccc3)o2)cc1. The van der Waals surface area contributed by atoms with Crippen molar-refractivity contribution in [2.24, 2.45) is 0 Å². The fourth-order valence-corrected chi connectivity index (χ4v) is 2.27. The molecule has 0 fully saturated rings. The molecule has 6 heteroatoms. The van der Waals surface area contributed by atoms with Gasteiger partial charge in [-0.05, 0) is 43.3 Å². The van der Waals surface area contributed by atoms with Gasteiger partial charge in [-0.3, -0.25) is 4.79 Å². The molecule has 0 bridgehead atoms. The van der Waals surface area contributed by atoms with Gasteiger partial charge in [-0.25, -0.2) is 0 Å². The Bertz CT molecular complexity index is 813. The molecule has 0 aliphatic rings. The number of carbonyl (C=O) groups excluding carboxylic acids is 1. The first kappa shape index (κ1) is 15.7. The molecule has 2 aromatic carbocycles. The van der Waals surface area contributed by atoms with Gasteiger partial charge in [0.25, 0.3) is 0 Å². The van der Waals surface area contributed by atoms with E-state index >= 15 is 0 Å². The lowest BCUT2D eigenvalue weighted by Gasteiger charge is -2.12. The van der Waals surface area contributed by atoms with Gasteiger partial charge in [0.05, 0.1) is 0 Å². The largest absolute Gasteiger partial charge is 0.418 e. The van der Waals surface area contributed by atoms with Crippen LogP contribution in [0.5, 0.6) is 0 Å². The summed E-state index contributed by atoms with van der Waals surface area (Å²) in [5, 5.41) is 14.2. The van der Waals surface area contributed by atoms with E-state index in [1.54, 1.807) is 0 Å². The molecule has 0 spiro atoms. The van der Waals surface area contributed by atoms with Gasteiger partial charge in [0.15, 0.2) is 0 Å². The number of hydrogen-bond acceptors (Lipinski definition) is 5. The van der Waals surface area contributed by atoms with Crippen LogP contribution in [0.15, 0.2) is 59.0 Å². The Morgan fingerprint density at radius 2 is 1.67 bits per heavy atom. The van der Waals surface area contributed by atoms with E-state index in [-0.39, 0.29) is 11.9 Å². The van der Waals surface area contributed by atoms with E-state index in [1.807, 2.05) is 61.5 Å². The van der Waals surface area contributed by atoms with Crippen molar-refractivity contribution < 1.29 is 9.21 Å². The van der Waals surface area contributed by atoms with Crippen LogP contribution >= 0.6 is 0 Å². The van der Waals surface area contributed by atoms with E-state index in [9.17, 15) is 4.79 Å². The van der Waals surface area contributed by atoms with Crippen LogP contribution in [-0.2, 0) is 4.79 Å². The molecule has 1 aromatic heterocycles. The molecule has 1 amide bonds. The summed E-state index contributed by atoms with van der Waals surface area (Å²) < 4.78 is 5.74. The van der Waals surface area contributed by atoms with Gasteiger partial charge in [-0.2, -0.15) is 0 Å². The molecule has 6 nitrogen and oxygen atoms in total. The first-order valence-electron chi connectivity index (χ1n) is 7.65. The minimum Gasteiger partial charge on any atom is -0.418 e. The Morgan fingerprint density at radius 3 is 2.33 bits per heavy atom. The van der Waals surface area contributed by atoms with Crippen molar-refractivity contribution in [2.45, 2.75) is 19.9 Å². The average molecular weight is 322 g/mol. The van der Waals surface area contributed by atoms with Crippen LogP contribution in [0.25, 0.3) is 11.5 Å². The van der Waals surface area contributed by atoms with Crippen LogP contribution in [0.3, 0.4) is 0 Å². The molecule has 3 aromatic rings. The quantitative estimate of drug-likeness (QED) is 0.745. The maximum Gasteiger partial charge on any atom is 0.247 e. The summed E-state index contributed by atoms with van der Waals surface area (Å²) in [6.07, 6.45) is 0. The predicted octanol–water partition coefficient (Wildman–Crippen LogP) is 3.87. The van der Waals surface area contributed by atoms with Crippen LogP contribution in [0.4, 0.5) is 11.4 Å². The van der Waals surface area contributed by atoms with E-state index in [0.717, 1.165) is 16.9 Å². The standard InChI is InChI=1S/C18H18N4O2/c1-12(19-15-8-10-16(11-9-15)20-13(2)23)17-21-22-18(24-17)14-6-4-3-5-7-14/h3-12,19H,1-2H3,(H,20,23)/t12-/m1/s1. The summed E-state index contributed by atoms with van der Waals surface area (Å²) in [6, 6.07) is 16.9. The number of rotatable bonds is 5. The molecule has 0 saturated heterocycles. The number of hydrogen-bond donors (Lipinski definition) is 2. The average Bonchev–Trinajstić information content (AvgIpc) is 3.07. The Hall–Kier alpha value is -3.15. The molecule has 0 radical (unpaired) electrons. The smallest absolute Gasteiger partial charge is 0.247 e. The summed E-state index contributed by atoms with van der Waals surface area (Å²) in [5.41, 5.74) is 2.55. The second kappa shape index (κ2) is 6.95. The minimum absolute atomic E-state index is 0.0941. The highest BCUT2D eigenvalue weighted by atomic mass is 16.4. The molecule has 24 heavy (non-hydrogen) atoms. The minimum atomic E-state index is -0.137. The molecule has 0 unspecified atom stereocenters. The molecular weight excluding hydrogens is 304 g/mol. The Morgan fingerprint density at radius 1 is 1.00 bits per heavy atom. The third-order valence-electron chi connectivity index (χ3n) is 3.42. The van der Waals surface area contributed by atoms with Crippen LogP contribution in [0.2, 0.25) is 0 Å². The van der Waals surface area contributed by atoms with Gasteiger partial charge in [0.1, 0.15) is 6.04 Å². The second-order valence-corrected chi connectivity index (χ2v) is 5.44. The van der Waals surface area contributed by atoms with E-state index in [4.69, 9.17) is 4.42 Å². The zero-order valence-corrected chi connectivity index (χ0v) is 13.5. The number of anilines is 2. The number of benzene rings is 2. The second-order valence-electron chi connectivity index (χ2n) is 5.44. The number of aromatic nitrogens is 2. The van der Waals surface area contributed by atoms with Crippen molar-refractivity contribution in [2.75, 3.05) is 10.6 Å². The maximum atomic E-state index is 11.0. The van der Waals surface area contributed by atoms with Crippen LogP contribution < -0.4 is 10.6 Å². The number of amides is 1. The fourth-order valence-electron chi connectivity index (χ4n) is 2.27. The zero-order valence-electron chi connectivity index (χ0n) is 13.5. The molecule has 0 aliphatic heterocycles. The van der Waals surface area contributed by atoms with Gasteiger partial charge in [-0.1, -0.05) is 18.2 Å². The van der Waals surface area contributed by atoms with Crippen LogP contribution in [-0.4, -0.2) is 16.1 Å². The highest BCUT2D eigenvalue weighted by Gasteiger charge is 2.14. The van der Waals surface area contributed by atoms with Crippen LogP contribution in [0, 0.1) is 0 Å². The van der Waals surface area contributed by atoms with Gasteiger partial charge in [-0.15, -0.1) is 10.2 Å². The Balaban J connectivity index is 1.68. The van der Waals surface area contributed by atoms with Crippen molar-refractivity contribution in [3.05, 3.63) is 60.5 Å². The third-order valence-corrected chi connectivity index (χ3v) is 3.42. The van der Waals surface area contributed by atoms with E-state index in [2.05, 4.69) is 20.8 Å². The van der Waals surface area contributed by atoms with Crippen LogP contribution in [0.1, 0.15) is 25.8 Å². The summed E-state index contributed by atoms with van der Waals surface area (Å²) in [7, 11) is 0. The van der Waals surface area contributed by atoms with Crippen molar-refractivity contribution in [3.63, 3.8) is 0 Å². The summed E-state index contributed by atoms with van der Waals surface area (Å²) in [4.78, 5) is 11.0. The summed E-state index contributed by atoms with van der Waals surface area (Å²) >= 11 is 0. The number of nitrogens with zero attached hydrogens (tertiary/aromatic N) is 2. The van der Waals surface area contributed by atoms with Gasteiger partial charge < -0.3 is 15.1 Å². The first-order chi connectivity index (χ1) is 11.6. The van der Waals surface area contributed by atoms with E-state index in [1.165, 1.54) is 6.92 Å². The van der Waals surface area contributed by atoms with E-state index < -0.39 is 0 Å². The summed E-state index contributed by atoms with van der Waals surface area (Å²) in [6.45, 7) is 3.43. The highest BCUT2D eigenvalue weighted by molar-refractivity contribution is 5.88. The lowest BCUT2D eigenvalue weighted by molar-refractivity contribution is -0.114. The number of carbonyl (C=O) groups is 1. The molecular formula is C18H18N4O2. The van der Waals surface area contributed by atoms with Gasteiger partial charge >= 0.3 is 0 Å². The molecule has 3 rings (SSSR count). The van der Waals surface area contributed by atoms with Crippen molar-refractivity contribution >= 4 is 17.3 Å². The van der Waals surface area contributed by atoms with Crippen molar-refractivity contribution in [1.82, 2.24) is 10.2 Å². The van der Waals surface area contributed by atoms with E-state index in [0.29, 0.717) is 11.8 Å².